The summed E-state index contributed by atoms with van der Waals surface area (Å²) in [7, 11) is 1.78. The molecule has 0 unspecified atom stereocenters. The summed E-state index contributed by atoms with van der Waals surface area (Å²) in [5.74, 6) is -0.0700. The number of aryl methyl sites for hydroxylation is 1. The number of anilines is 1. The molecule has 2 N–H and O–H groups in total. The molecule has 6 nitrogen and oxygen atoms in total. The van der Waals surface area contributed by atoms with E-state index in [9.17, 15) is 4.79 Å². The van der Waals surface area contributed by atoms with Crippen LogP contribution in [0.1, 0.15) is 23.2 Å². The summed E-state index contributed by atoms with van der Waals surface area (Å²) in [5, 5.41) is 5.89. The normalized spacial score (nSPS) is 10.2. The van der Waals surface area contributed by atoms with E-state index in [1.165, 1.54) is 0 Å². The number of carbonyl (C=O) groups is 1. The standard InChI is InChI=1S/C14H19N5O/c1-15-13-10-16-6-4-12(13)14(20)18-5-2-3-8-19-9-7-17-11-19/h4,6-7,9-11,15H,2-3,5,8H2,1H3,(H,18,20). The summed E-state index contributed by atoms with van der Waals surface area (Å²) in [6.07, 6.45) is 10.7. The van der Waals surface area contributed by atoms with Gasteiger partial charge in [0.25, 0.3) is 5.91 Å². The third-order valence-corrected chi connectivity index (χ3v) is 3.02. The van der Waals surface area contributed by atoms with Crippen LogP contribution in [0.25, 0.3) is 0 Å². The van der Waals surface area contributed by atoms with Gasteiger partial charge in [0.1, 0.15) is 0 Å². The highest BCUT2D eigenvalue weighted by Crippen LogP contribution is 2.11. The number of hydrogen-bond donors (Lipinski definition) is 2. The second-order valence-electron chi connectivity index (χ2n) is 4.43. The van der Waals surface area contributed by atoms with Crippen LogP contribution in [0, 0.1) is 0 Å². The summed E-state index contributed by atoms with van der Waals surface area (Å²) in [5.41, 5.74) is 1.36. The Kier molecular flexibility index (Phi) is 5.11. The Morgan fingerprint density at radius 3 is 2.95 bits per heavy atom. The first kappa shape index (κ1) is 14.0. The summed E-state index contributed by atoms with van der Waals surface area (Å²) in [6.45, 7) is 1.59. The van der Waals surface area contributed by atoms with Gasteiger partial charge in [0.2, 0.25) is 0 Å². The van der Waals surface area contributed by atoms with Crippen LogP contribution in [-0.2, 0) is 6.54 Å². The predicted octanol–water partition coefficient (Wildman–Crippen LogP) is 1.53. The molecule has 0 fully saturated rings. The van der Waals surface area contributed by atoms with Crippen LogP contribution in [-0.4, -0.2) is 34.0 Å². The molecule has 2 heterocycles. The van der Waals surface area contributed by atoms with E-state index >= 15 is 0 Å². The smallest absolute Gasteiger partial charge is 0.253 e. The lowest BCUT2D eigenvalue weighted by atomic mass is 10.2. The summed E-state index contributed by atoms with van der Waals surface area (Å²) >= 11 is 0. The van der Waals surface area contributed by atoms with Gasteiger partial charge in [-0.2, -0.15) is 0 Å². The molecule has 0 aliphatic heterocycles. The minimum Gasteiger partial charge on any atom is -0.386 e. The molecular formula is C14H19N5O. The second kappa shape index (κ2) is 7.28. The molecule has 0 saturated heterocycles. The summed E-state index contributed by atoms with van der Waals surface area (Å²) in [6, 6.07) is 1.71. The molecule has 0 spiro atoms. The number of nitrogens with zero attached hydrogens (tertiary/aromatic N) is 3. The van der Waals surface area contributed by atoms with Crippen LogP contribution < -0.4 is 10.6 Å². The number of carbonyl (C=O) groups excluding carboxylic acids is 1. The molecule has 0 saturated carbocycles. The third-order valence-electron chi connectivity index (χ3n) is 3.02. The van der Waals surface area contributed by atoms with Crippen molar-refractivity contribution >= 4 is 11.6 Å². The minimum atomic E-state index is -0.0700. The van der Waals surface area contributed by atoms with Crippen LogP contribution in [0.15, 0.2) is 37.2 Å². The van der Waals surface area contributed by atoms with Gasteiger partial charge in [-0.05, 0) is 18.9 Å². The molecule has 20 heavy (non-hydrogen) atoms. The van der Waals surface area contributed by atoms with E-state index in [4.69, 9.17) is 0 Å². The Balaban J connectivity index is 1.72. The molecule has 0 bridgehead atoms. The van der Waals surface area contributed by atoms with Crippen molar-refractivity contribution in [3.63, 3.8) is 0 Å². The van der Waals surface area contributed by atoms with Gasteiger partial charge in [0, 0.05) is 38.7 Å². The van der Waals surface area contributed by atoms with Crippen LogP contribution in [0.3, 0.4) is 0 Å². The number of pyridine rings is 1. The number of amides is 1. The fourth-order valence-corrected chi connectivity index (χ4v) is 1.93. The molecule has 2 aromatic heterocycles. The summed E-state index contributed by atoms with van der Waals surface area (Å²) < 4.78 is 2.03. The second-order valence-corrected chi connectivity index (χ2v) is 4.43. The lowest BCUT2D eigenvalue weighted by Gasteiger charge is -2.09. The van der Waals surface area contributed by atoms with Crippen molar-refractivity contribution < 1.29 is 4.79 Å². The molecule has 0 aliphatic carbocycles. The van der Waals surface area contributed by atoms with Crippen molar-refractivity contribution in [1.29, 1.82) is 0 Å². The van der Waals surface area contributed by atoms with E-state index in [1.807, 2.05) is 10.8 Å². The number of hydrogen-bond acceptors (Lipinski definition) is 4. The van der Waals surface area contributed by atoms with Gasteiger partial charge in [-0.3, -0.25) is 9.78 Å². The van der Waals surface area contributed by atoms with E-state index in [1.54, 1.807) is 38.0 Å². The van der Waals surface area contributed by atoms with Crippen molar-refractivity contribution in [2.75, 3.05) is 18.9 Å². The maximum Gasteiger partial charge on any atom is 0.253 e. The monoisotopic (exact) mass is 273 g/mol. The molecular weight excluding hydrogens is 254 g/mol. The zero-order valence-corrected chi connectivity index (χ0v) is 11.5. The Morgan fingerprint density at radius 2 is 2.20 bits per heavy atom. The van der Waals surface area contributed by atoms with Gasteiger partial charge in [-0.15, -0.1) is 0 Å². The largest absolute Gasteiger partial charge is 0.386 e. The number of unbranched alkanes of at least 4 members (excludes halogenated alkanes) is 1. The van der Waals surface area contributed by atoms with Gasteiger partial charge >= 0.3 is 0 Å². The van der Waals surface area contributed by atoms with E-state index in [0.717, 1.165) is 25.1 Å². The first-order chi connectivity index (χ1) is 9.81. The highest BCUT2D eigenvalue weighted by atomic mass is 16.1. The zero-order valence-electron chi connectivity index (χ0n) is 11.5. The molecule has 0 aliphatic rings. The molecule has 0 radical (unpaired) electrons. The highest BCUT2D eigenvalue weighted by Gasteiger charge is 2.09. The Labute approximate surface area is 118 Å². The Morgan fingerprint density at radius 1 is 1.30 bits per heavy atom. The van der Waals surface area contributed by atoms with E-state index in [-0.39, 0.29) is 5.91 Å². The molecule has 1 amide bonds. The number of imidazole rings is 1. The van der Waals surface area contributed by atoms with Crippen LogP contribution >= 0.6 is 0 Å². The molecule has 6 heteroatoms. The molecule has 0 aromatic carbocycles. The SMILES string of the molecule is CNc1cnccc1C(=O)NCCCCn1ccnc1. The fraction of sp³-hybridized carbons (Fsp3) is 0.357. The topological polar surface area (TPSA) is 71.8 Å². The summed E-state index contributed by atoms with van der Waals surface area (Å²) in [4.78, 5) is 20.0. The predicted molar refractivity (Wildman–Crippen MR) is 77.6 cm³/mol. The number of aromatic nitrogens is 3. The van der Waals surface area contributed by atoms with E-state index in [2.05, 4.69) is 20.6 Å². The van der Waals surface area contributed by atoms with Crippen molar-refractivity contribution in [2.24, 2.45) is 0 Å². The van der Waals surface area contributed by atoms with Crippen molar-refractivity contribution in [3.8, 4) is 0 Å². The Bertz CT molecular complexity index is 538. The lowest BCUT2D eigenvalue weighted by molar-refractivity contribution is 0.0953. The van der Waals surface area contributed by atoms with Crippen molar-refractivity contribution in [3.05, 3.63) is 42.7 Å². The van der Waals surface area contributed by atoms with Gasteiger partial charge in [0.05, 0.1) is 23.8 Å². The first-order valence-electron chi connectivity index (χ1n) is 6.67. The van der Waals surface area contributed by atoms with Crippen molar-refractivity contribution in [2.45, 2.75) is 19.4 Å². The number of nitrogens with one attached hydrogen (secondary N) is 2. The van der Waals surface area contributed by atoms with E-state index < -0.39 is 0 Å². The van der Waals surface area contributed by atoms with E-state index in [0.29, 0.717) is 12.1 Å². The average molecular weight is 273 g/mol. The Hall–Kier alpha value is -2.37. The maximum atomic E-state index is 12.0. The van der Waals surface area contributed by atoms with Crippen molar-refractivity contribution in [1.82, 2.24) is 19.9 Å². The highest BCUT2D eigenvalue weighted by molar-refractivity contribution is 5.99. The van der Waals surface area contributed by atoms with Crippen LogP contribution in [0.2, 0.25) is 0 Å². The zero-order chi connectivity index (χ0) is 14.2. The minimum absolute atomic E-state index is 0.0700. The number of rotatable bonds is 7. The molecule has 2 aromatic rings. The fourth-order valence-electron chi connectivity index (χ4n) is 1.93. The average Bonchev–Trinajstić information content (AvgIpc) is 3.00. The van der Waals surface area contributed by atoms with Gasteiger partial charge in [0.15, 0.2) is 0 Å². The quantitative estimate of drug-likeness (QED) is 0.750. The lowest BCUT2D eigenvalue weighted by Crippen LogP contribution is -2.25. The third kappa shape index (κ3) is 3.81. The maximum absolute atomic E-state index is 12.0. The van der Waals surface area contributed by atoms with Crippen LogP contribution in [0.5, 0.6) is 0 Å². The van der Waals surface area contributed by atoms with Gasteiger partial charge in [-0.1, -0.05) is 0 Å². The molecule has 106 valence electrons. The molecule has 0 atom stereocenters. The van der Waals surface area contributed by atoms with Gasteiger partial charge < -0.3 is 15.2 Å². The van der Waals surface area contributed by atoms with Gasteiger partial charge in [-0.25, -0.2) is 4.98 Å². The first-order valence-corrected chi connectivity index (χ1v) is 6.67. The van der Waals surface area contributed by atoms with Crippen LogP contribution in [0.4, 0.5) is 5.69 Å². The molecule has 2 rings (SSSR count).